The molecule has 1 aromatic carbocycles. The summed E-state index contributed by atoms with van der Waals surface area (Å²) in [5, 5.41) is 12.4. The van der Waals surface area contributed by atoms with Crippen molar-refractivity contribution in [1.82, 2.24) is 14.8 Å². The van der Waals surface area contributed by atoms with Crippen LogP contribution in [0.2, 0.25) is 0 Å². The van der Waals surface area contributed by atoms with Crippen LogP contribution in [0.1, 0.15) is 44.3 Å². The molecule has 1 aromatic heterocycles. The van der Waals surface area contributed by atoms with Crippen molar-refractivity contribution in [2.75, 3.05) is 18.2 Å². The number of benzene rings is 1. The van der Waals surface area contributed by atoms with Gasteiger partial charge < -0.3 is 14.6 Å². The Morgan fingerprint density at radius 3 is 2.86 bits per heavy atom. The lowest BCUT2D eigenvalue weighted by atomic mass is 9.86. The summed E-state index contributed by atoms with van der Waals surface area (Å²) in [6, 6.07) is 7.38. The summed E-state index contributed by atoms with van der Waals surface area (Å²) in [7, 11) is 1.59. The van der Waals surface area contributed by atoms with Crippen LogP contribution < -0.4 is 10.1 Å². The van der Waals surface area contributed by atoms with E-state index >= 15 is 0 Å². The number of anilines is 1. The highest BCUT2D eigenvalue weighted by molar-refractivity contribution is 7.99. The third-order valence-corrected chi connectivity index (χ3v) is 6.29. The second-order valence-corrected chi connectivity index (χ2v) is 8.32. The Morgan fingerprint density at radius 1 is 1.31 bits per heavy atom. The maximum Gasteiger partial charge on any atom is 0.234 e. The Bertz CT molecular complexity index is 815. The van der Waals surface area contributed by atoms with E-state index in [0.717, 1.165) is 29.7 Å². The van der Waals surface area contributed by atoms with Gasteiger partial charge in [-0.3, -0.25) is 4.79 Å². The highest BCUT2D eigenvalue weighted by Crippen LogP contribution is 2.28. The summed E-state index contributed by atoms with van der Waals surface area (Å²) in [6.45, 7) is 4.52. The molecule has 0 aliphatic heterocycles. The van der Waals surface area contributed by atoms with Gasteiger partial charge in [0.1, 0.15) is 11.6 Å². The molecule has 7 heteroatoms. The molecule has 1 aliphatic carbocycles. The van der Waals surface area contributed by atoms with Gasteiger partial charge in [0.2, 0.25) is 5.91 Å². The van der Waals surface area contributed by atoms with Crippen LogP contribution in [0.15, 0.2) is 42.1 Å². The number of amides is 1. The molecule has 3 rings (SSSR count). The molecule has 156 valence electrons. The second-order valence-electron chi connectivity index (χ2n) is 7.38. The van der Waals surface area contributed by atoms with Crippen LogP contribution in [0.5, 0.6) is 5.75 Å². The minimum Gasteiger partial charge on any atom is -0.495 e. The third kappa shape index (κ3) is 6.10. The van der Waals surface area contributed by atoms with E-state index in [2.05, 4.69) is 26.7 Å². The van der Waals surface area contributed by atoms with Gasteiger partial charge in [-0.15, -0.1) is 16.8 Å². The van der Waals surface area contributed by atoms with E-state index in [1.54, 1.807) is 7.11 Å². The quantitative estimate of drug-likeness (QED) is 0.450. The maximum atomic E-state index is 12.4. The van der Waals surface area contributed by atoms with Crippen molar-refractivity contribution in [1.29, 1.82) is 0 Å². The second kappa shape index (κ2) is 11.0. The minimum absolute atomic E-state index is 0.101. The van der Waals surface area contributed by atoms with E-state index in [4.69, 9.17) is 4.74 Å². The molecule has 1 N–H and O–H groups in total. The van der Waals surface area contributed by atoms with Gasteiger partial charge in [-0.1, -0.05) is 62.1 Å². The van der Waals surface area contributed by atoms with Crippen LogP contribution in [0, 0.1) is 5.92 Å². The highest BCUT2D eigenvalue weighted by Gasteiger charge is 2.17. The molecule has 1 aliphatic rings. The summed E-state index contributed by atoms with van der Waals surface area (Å²) in [6.07, 6.45) is 10.7. The van der Waals surface area contributed by atoms with Gasteiger partial charge in [0.25, 0.3) is 0 Å². The predicted molar refractivity (Wildman–Crippen MR) is 117 cm³/mol. The number of carbonyl (C=O) groups is 1. The lowest BCUT2D eigenvalue weighted by molar-refractivity contribution is -0.113. The van der Waals surface area contributed by atoms with Crippen LogP contribution in [-0.4, -0.2) is 33.5 Å². The van der Waals surface area contributed by atoms with E-state index < -0.39 is 0 Å². The highest BCUT2D eigenvalue weighted by atomic mass is 32.2. The number of hydrogen-bond donors (Lipinski definition) is 1. The zero-order valence-corrected chi connectivity index (χ0v) is 17.9. The molecule has 1 saturated carbocycles. The maximum absolute atomic E-state index is 12.4. The number of aryl methyl sites for hydroxylation is 1. The zero-order valence-electron chi connectivity index (χ0n) is 17.1. The topological polar surface area (TPSA) is 69.0 Å². The fourth-order valence-electron chi connectivity index (χ4n) is 3.80. The SMILES string of the molecule is C=CCn1c(CCC2CCCCC2)nnc1SCC(=O)Nc1ccccc1OC. The number of aromatic nitrogens is 3. The average Bonchev–Trinajstić information content (AvgIpc) is 3.14. The first-order valence-electron chi connectivity index (χ1n) is 10.3. The molecule has 0 unspecified atom stereocenters. The van der Waals surface area contributed by atoms with Gasteiger partial charge in [0.05, 0.1) is 18.6 Å². The number of nitrogens with zero attached hydrogens (tertiary/aromatic N) is 3. The summed E-state index contributed by atoms with van der Waals surface area (Å²) >= 11 is 1.40. The Morgan fingerprint density at radius 2 is 2.10 bits per heavy atom. The standard InChI is InChI=1S/C22H30N4O2S/c1-3-15-26-20(14-13-17-9-5-4-6-10-17)24-25-22(26)29-16-21(27)23-18-11-7-8-12-19(18)28-2/h3,7-8,11-12,17H,1,4-6,9-10,13-16H2,2H3,(H,23,27). The van der Waals surface area contributed by atoms with Crippen molar-refractivity contribution in [3.63, 3.8) is 0 Å². The molecule has 29 heavy (non-hydrogen) atoms. The van der Waals surface area contributed by atoms with Crippen LogP contribution in [-0.2, 0) is 17.8 Å². The van der Waals surface area contributed by atoms with Gasteiger partial charge >= 0.3 is 0 Å². The Hall–Kier alpha value is -2.28. The first kappa shape index (κ1) is 21.4. The molecular weight excluding hydrogens is 384 g/mol. The van der Waals surface area contributed by atoms with Crippen molar-refractivity contribution in [2.45, 2.75) is 56.6 Å². The largest absolute Gasteiger partial charge is 0.495 e. The molecule has 1 amide bonds. The number of nitrogens with one attached hydrogen (secondary N) is 1. The Balaban J connectivity index is 1.57. The monoisotopic (exact) mass is 414 g/mol. The van der Waals surface area contributed by atoms with E-state index in [-0.39, 0.29) is 11.7 Å². The predicted octanol–water partition coefficient (Wildman–Crippen LogP) is 4.72. The van der Waals surface area contributed by atoms with Gasteiger partial charge in [-0.05, 0) is 24.5 Å². The Labute approximate surface area is 177 Å². The molecule has 6 nitrogen and oxygen atoms in total. The summed E-state index contributed by atoms with van der Waals surface area (Å²) in [5.74, 6) is 2.60. The van der Waals surface area contributed by atoms with Gasteiger partial charge in [0.15, 0.2) is 5.16 Å². The van der Waals surface area contributed by atoms with Crippen LogP contribution in [0.25, 0.3) is 0 Å². The van der Waals surface area contributed by atoms with E-state index in [1.165, 1.54) is 43.9 Å². The molecule has 0 saturated heterocycles. The van der Waals surface area contributed by atoms with Crippen molar-refractivity contribution >= 4 is 23.4 Å². The number of para-hydroxylation sites is 2. The van der Waals surface area contributed by atoms with Crippen LogP contribution in [0.3, 0.4) is 0 Å². The summed E-state index contributed by atoms with van der Waals surface area (Å²) in [5.41, 5.74) is 0.668. The minimum atomic E-state index is -0.101. The van der Waals surface area contributed by atoms with Crippen LogP contribution in [0.4, 0.5) is 5.69 Å². The molecule has 0 bridgehead atoms. The molecule has 1 heterocycles. The van der Waals surface area contributed by atoms with Gasteiger partial charge in [-0.2, -0.15) is 0 Å². The number of carbonyl (C=O) groups excluding carboxylic acids is 1. The number of ether oxygens (including phenoxy) is 1. The third-order valence-electron chi connectivity index (χ3n) is 5.32. The first-order chi connectivity index (χ1) is 14.2. The molecule has 0 radical (unpaired) electrons. The van der Waals surface area contributed by atoms with Crippen molar-refractivity contribution < 1.29 is 9.53 Å². The van der Waals surface area contributed by atoms with Gasteiger partial charge in [0, 0.05) is 13.0 Å². The van der Waals surface area contributed by atoms with E-state index in [9.17, 15) is 4.79 Å². The molecule has 2 aromatic rings. The average molecular weight is 415 g/mol. The molecule has 0 atom stereocenters. The number of thioether (sulfide) groups is 1. The molecule has 1 fully saturated rings. The lowest BCUT2D eigenvalue weighted by Crippen LogP contribution is -2.15. The summed E-state index contributed by atoms with van der Waals surface area (Å²) in [4.78, 5) is 12.4. The first-order valence-corrected chi connectivity index (χ1v) is 11.3. The number of rotatable bonds is 10. The zero-order chi connectivity index (χ0) is 20.5. The van der Waals surface area contributed by atoms with Gasteiger partial charge in [-0.25, -0.2) is 0 Å². The van der Waals surface area contributed by atoms with Crippen LogP contribution >= 0.6 is 11.8 Å². The fraction of sp³-hybridized carbons (Fsp3) is 0.500. The number of methoxy groups -OCH3 is 1. The van der Waals surface area contributed by atoms with E-state index in [1.807, 2.05) is 30.3 Å². The number of hydrogen-bond acceptors (Lipinski definition) is 5. The normalized spacial score (nSPS) is 14.5. The summed E-state index contributed by atoms with van der Waals surface area (Å²) < 4.78 is 7.36. The molecule has 0 spiro atoms. The van der Waals surface area contributed by atoms with Crippen molar-refractivity contribution in [3.05, 3.63) is 42.7 Å². The number of allylic oxidation sites excluding steroid dienone is 1. The van der Waals surface area contributed by atoms with E-state index in [0.29, 0.717) is 18.0 Å². The fourth-order valence-corrected chi connectivity index (χ4v) is 4.56. The van der Waals surface area contributed by atoms with Crippen molar-refractivity contribution in [2.24, 2.45) is 5.92 Å². The lowest BCUT2D eigenvalue weighted by Gasteiger charge is -2.21. The Kier molecular flexibility index (Phi) is 8.16. The van der Waals surface area contributed by atoms with Crippen molar-refractivity contribution in [3.8, 4) is 5.75 Å². The smallest absolute Gasteiger partial charge is 0.234 e. The molecular formula is C22H30N4O2S.